The Morgan fingerprint density at radius 3 is 1.74 bits per heavy atom. The highest BCUT2D eigenvalue weighted by molar-refractivity contribution is 6.17. The van der Waals surface area contributed by atoms with Gasteiger partial charge in [0, 0.05) is 27.8 Å². The van der Waals surface area contributed by atoms with Gasteiger partial charge in [0.15, 0.2) is 0 Å². The molecule has 1 aliphatic rings. The van der Waals surface area contributed by atoms with E-state index in [1.165, 1.54) is 43.8 Å². The Bertz CT molecular complexity index is 3240. The van der Waals surface area contributed by atoms with Crippen LogP contribution in [0.1, 0.15) is 33.4 Å². The van der Waals surface area contributed by atoms with Gasteiger partial charge in [0.2, 0.25) is 0 Å². The molecule has 4 nitrogen and oxygen atoms in total. The van der Waals surface area contributed by atoms with Crippen LogP contribution >= 0.6 is 0 Å². The van der Waals surface area contributed by atoms with Gasteiger partial charge in [-0.15, -0.1) is 0 Å². The van der Waals surface area contributed by atoms with Crippen LogP contribution in [0, 0.1) is 22.7 Å². The van der Waals surface area contributed by atoms with E-state index in [0.717, 1.165) is 50.1 Å². The van der Waals surface area contributed by atoms with Gasteiger partial charge in [-0.1, -0.05) is 97.1 Å². The second kappa shape index (κ2) is 12.6. The molecule has 0 radical (unpaired) electrons. The lowest BCUT2D eigenvalue weighted by molar-refractivity contribution is 0.668. The second-order valence-electron chi connectivity index (χ2n) is 14.7. The molecule has 1 aliphatic carbocycles. The van der Waals surface area contributed by atoms with Crippen molar-refractivity contribution in [2.75, 3.05) is 4.90 Å². The molecular weight excluding hydrogens is 695 g/mol. The van der Waals surface area contributed by atoms with Gasteiger partial charge in [-0.3, -0.25) is 0 Å². The van der Waals surface area contributed by atoms with Crippen LogP contribution in [0.4, 0.5) is 17.1 Å². The number of hydrogen-bond donors (Lipinski definition) is 0. The third-order valence-corrected chi connectivity index (χ3v) is 11.8. The molecule has 0 amide bonds. The lowest BCUT2D eigenvalue weighted by atomic mass is 9.67. The lowest BCUT2D eigenvalue weighted by Crippen LogP contribution is -2.28. The van der Waals surface area contributed by atoms with Gasteiger partial charge < -0.3 is 9.32 Å². The van der Waals surface area contributed by atoms with Crippen molar-refractivity contribution in [1.82, 2.24) is 0 Å². The SMILES string of the molecule is N#Cc1ccc(N(c2ccc(C#N)cc2)c2ccc(-c3cc4c5c(ccc6cccc(c65)C4(c4ccccc4)c4ccc5oc6ccccc6c5c4)c3)cc2)cc1. The summed E-state index contributed by atoms with van der Waals surface area (Å²) in [5.74, 6) is 0. The molecule has 11 rings (SSSR count). The van der Waals surface area contributed by atoms with Gasteiger partial charge in [-0.05, 0) is 146 Å². The minimum Gasteiger partial charge on any atom is -0.456 e. The third-order valence-electron chi connectivity index (χ3n) is 11.8. The van der Waals surface area contributed by atoms with Gasteiger partial charge in [0.05, 0.1) is 28.7 Å². The number of benzene rings is 9. The van der Waals surface area contributed by atoms with Gasteiger partial charge in [0.1, 0.15) is 11.2 Å². The minimum atomic E-state index is -0.590. The van der Waals surface area contributed by atoms with Crippen molar-refractivity contribution in [3.63, 3.8) is 0 Å². The number of para-hydroxylation sites is 1. The Kier molecular flexibility index (Phi) is 7.17. The summed E-state index contributed by atoms with van der Waals surface area (Å²) in [7, 11) is 0. The average molecular weight is 726 g/mol. The van der Waals surface area contributed by atoms with Gasteiger partial charge in [-0.25, -0.2) is 0 Å². The summed E-state index contributed by atoms with van der Waals surface area (Å²) in [4.78, 5) is 2.15. The van der Waals surface area contributed by atoms with Crippen LogP contribution < -0.4 is 4.90 Å². The number of rotatable bonds is 6. The molecule has 10 aromatic rings. The van der Waals surface area contributed by atoms with E-state index in [1.807, 2.05) is 60.7 Å². The zero-order valence-electron chi connectivity index (χ0n) is 30.6. The average Bonchev–Trinajstić information content (AvgIpc) is 3.81. The Labute approximate surface area is 329 Å². The molecular formula is C53H31N3O. The molecule has 0 bridgehead atoms. The van der Waals surface area contributed by atoms with E-state index in [4.69, 9.17) is 4.42 Å². The molecule has 0 saturated carbocycles. The van der Waals surface area contributed by atoms with Crippen molar-refractivity contribution in [3.8, 4) is 23.3 Å². The first kappa shape index (κ1) is 32.5. The van der Waals surface area contributed by atoms with Gasteiger partial charge in [0.25, 0.3) is 0 Å². The third kappa shape index (κ3) is 4.85. The van der Waals surface area contributed by atoms with Crippen molar-refractivity contribution in [2.45, 2.75) is 5.41 Å². The smallest absolute Gasteiger partial charge is 0.135 e. The van der Waals surface area contributed by atoms with Crippen LogP contribution in [0.15, 0.2) is 192 Å². The van der Waals surface area contributed by atoms with Crippen molar-refractivity contribution in [3.05, 3.63) is 221 Å². The van der Waals surface area contributed by atoms with Crippen LogP contribution in [-0.2, 0) is 5.41 Å². The van der Waals surface area contributed by atoms with Crippen LogP contribution in [0.5, 0.6) is 0 Å². The highest BCUT2D eigenvalue weighted by atomic mass is 16.3. The Hall–Kier alpha value is -7.92. The largest absolute Gasteiger partial charge is 0.456 e. The molecule has 9 aromatic carbocycles. The predicted molar refractivity (Wildman–Crippen MR) is 230 cm³/mol. The summed E-state index contributed by atoms with van der Waals surface area (Å²) >= 11 is 0. The molecule has 0 spiro atoms. The van der Waals surface area contributed by atoms with E-state index in [2.05, 4.69) is 144 Å². The summed E-state index contributed by atoms with van der Waals surface area (Å²) in [5.41, 5.74) is 12.4. The molecule has 0 fully saturated rings. The highest BCUT2D eigenvalue weighted by Crippen LogP contribution is 2.57. The summed E-state index contributed by atoms with van der Waals surface area (Å²) in [5, 5.41) is 26.2. The second-order valence-corrected chi connectivity index (χ2v) is 14.7. The Balaban J connectivity index is 1.12. The monoisotopic (exact) mass is 725 g/mol. The Morgan fingerprint density at radius 2 is 1.04 bits per heavy atom. The number of anilines is 3. The molecule has 0 aliphatic heterocycles. The summed E-state index contributed by atoms with van der Waals surface area (Å²) in [6, 6.07) is 70.3. The van der Waals surface area contributed by atoms with Gasteiger partial charge >= 0.3 is 0 Å². The normalized spacial score (nSPS) is 14.4. The maximum absolute atomic E-state index is 9.48. The number of nitriles is 2. The van der Waals surface area contributed by atoms with Crippen LogP contribution in [0.25, 0.3) is 54.6 Å². The van der Waals surface area contributed by atoms with Crippen LogP contribution in [0.3, 0.4) is 0 Å². The molecule has 0 saturated heterocycles. The molecule has 0 N–H and O–H groups in total. The number of hydrogen-bond acceptors (Lipinski definition) is 4. The van der Waals surface area contributed by atoms with Crippen molar-refractivity contribution in [1.29, 1.82) is 10.5 Å². The zero-order chi connectivity index (χ0) is 38.1. The number of furan rings is 1. The van der Waals surface area contributed by atoms with Crippen LogP contribution in [0.2, 0.25) is 0 Å². The first-order chi connectivity index (χ1) is 28.1. The van der Waals surface area contributed by atoms with E-state index >= 15 is 0 Å². The fraction of sp³-hybridized carbons (Fsp3) is 0.0189. The quantitative estimate of drug-likeness (QED) is 0.160. The van der Waals surface area contributed by atoms with E-state index < -0.39 is 5.41 Å². The standard InChI is InChI=1S/C53H31N3O/c54-32-34-13-22-42(23-14-34)56(43-24-15-35(33-55)16-25-43)44-26-19-36(20-27-44)39-29-38-18-17-37-7-6-11-47-51(37)52(38)48(30-39)53(47,40-8-2-1-3-9-40)41-21-28-50-46(31-41)45-10-4-5-12-49(45)57-50/h1-31H. The molecule has 1 unspecified atom stereocenters. The molecule has 264 valence electrons. The fourth-order valence-electron chi connectivity index (χ4n) is 9.22. The van der Waals surface area contributed by atoms with E-state index in [9.17, 15) is 10.5 Å². The highest BCUT2D eigenvalue weighted by Gasteiger charge is 2.45. The maximum Gasteiger partial charge on any atom is 0.135 e. The van der Waals surface area contributed by atoms with E-state index in [0.29, 0.717) is 11.1 Å². The zero-order valence-corrected chi connectivity index (χ0v) is 30.6. The number of nitrogens with zero attached hydrogens (tertiary/aromatic N) is 3. The summed E-state index contributed by atoms with van der Waals surface area (Å²) in [6.45, 7) is 0. The van der Waals surface area contributed by atoms with E-state index in [1.54, 1.807) is 0 Å². The topological polar surface area (TPSA) is 64.0 Å². The molecule has 1 aromatic heterocycles. The molecule has 1 heterocycles. The van der Waals surface area contributed by atoms with Crippen molar-refractivity contribution >= 4 is 60.5 Å². The van der Waals surface area contributed by atoms with Crippen LogP contribution in [-0.4, -0.2) is 0 Å². The predicted octanol–water partition coefficient (Wildman–Crippen LogP) is 13.5. The summed E-state index contributed by atoms with van der Waals surface area (Å²) in [6.07, 6.45) is 0. The summed E-state index contributed by atoms with van der Waals surface area (Å²) < 4.78 is 6.34. The first-order valence-electron chi connectivity index (χ1n) is 19.0. The fourth-order valence-corrected chi connectivity index (χ4v) is 9.22. The van der Waals surface area contributed by atoms with Crippen molar-refractivity contribution < 1.29 is 4.42 Å². The first-order valence-corrected chi connectivity index (χ1v) is 19.0. The maximum atomic E-state index is 9.48. The van der Waals surface area contributed by atoms with E-state index in [-0.39, 0.29) is 0 Å². The molecule has 57 heavy (non-hydrogen) atoms. The number of fused-ring (bicyclic) bond motifs is 3. The van der Waals surface area contributed by atoms with Gasteiger partial charge in [-0.2, -0.15) is 10.5 Å². The lowest BCUT2D eigenvalue weighted by Gasteiger charge is -2.34. The minimum absolute atomic E-state index is 0.590. The Morgan fingerprint density at radius 1 is 0.421 bits per heavy atom. The molecule has 4 heteroatoms. The van der Waals surface area contributed by atoms with Crippen molar-refractivity contribution in [2.24, 2.45) is 0 Å². The molecule has 1 atom stereocenters.